The van der Waals surface area contributed by atoms with Gasteiger partial charge in [0.05, 0.1) is 6.10 Å². The number of aryl methyl sites for hydroxylation is 1. The van der Waals surface area contributed by atoms with Crippen LogP contribution in [0.1, 0.15) is 22.1 Å². The molecule has 2 aromatic rings. The molecule has 3 nitrogen and oxygen atoms in total. The second-order valence-corrected chi connectivity index (χ2v) is 5.85. The van der Waals surface area contributed by atoms with E-state index in [1.807, 2.05) is 35.2 Å². The van der Waals surface area contributed by atoms with Crippen molar-refractivity contribution < 1.29 is 9.90 Å². The van der Waals surface area contributed by atoms with Crippen LogP contribution in [0.5, 0.6) is 0 Å². The average molecular weight is 293 g/mol. The predicted molar refractivity (Wildman–Crippen MR) is 80.4 cm³/mol. The highest BCUT2D eigenvalue weighted by Gasteiger charge is 2.08. The number of aliphatic hydroxyl groups excluding tert-OH is 1. The maximum Gasteiger partial charge on any atom is 0.244 e. The molecule has 2 rings (SSSR count). The van der Waals surface area contributed by atoms with Crippen molar-refractivity contribution in [1.82, 2.24) is 5.32 Å². The Balaban J connectivity index is 1.82. The van der Waals surface area contributed by atoms with Gasteiger partial charge in [0.25, 0.3) is 0 Å². The zero-order chi connectivity index (χ0) is 13.7. The van der Waals surface area contributed by atoms with Crippen LogP contribution in [-0.2, 0) is 4.79 Å². The van der Waals surface area contributed by atoms with E-state index < -0.39 is 6.10 Å². The van der Waals surface area contributed by atoms with Gasteiger partial charge >= 0.3 is 0 Å². The van der Waals surface area contributed by atoms with Gasteiger partial charge in [-0.05, 0) is 52.4 Å². The maximum atomic E-state index is 11.6. The first-order valence-corrected chi connectivity index (χ1v) is 7.69. The Kier molecular flexibility index (Phi) is 4.90. The molecule has 0 spiro atoms. The summed E-state index contributed by atoms with van der Waals surface area (Å²) in [7, 11) is 0. The molecule has 1 atom stereocenters. The summed E-state index contributed by atoms with van der Waals surface area (Å²) < 4.78 is 0. The molecule has 2 N–H and O–H groups in total. The number of carbonyl (C=O) groups is 1. The molecule has 0 aromatic carbocycles. The average Bonchev–Trinajstić information content (AvgIpc) is 3.05. The first kappa shape index (κ1) is 14.0. The molecule has 1 unspecified atom stereocenters. The maximum absolute atomic E-state index is 11.6. The fourth-order valence-electron chi connectivity index (χ4n) is 1.55. The zero-order valence-electron chi connectivity index (χ0n) is 10.5. The van der Waals surface area contributed by atoms with E-state index in [0.717, 1.165) is 16.0 Å². The van der Waals surface area contributed by atoms with Crippen LogP contribution in [0.15, 0.2) is 34.3 Å². The minimum absolute atomic E-state index is 0.193. The van der Waals surface area contributed by atoms with E-state index in [2.05, 4.69) is 5.32 Å². The van der Waals surface area contributed by atoms with E-state index >= 15 is 0 Å². The summed E-state index contributed by atoms with van der Waals surface area (Å²) in [6, 6.07) is 3.87. The molecule has 0 radical (unpaired) electrons. The van der Waals surface area contributed by atoms with Gasteiger partial charge in [-0.3, -0.25) is 4.79 Å². The van der Waals surface area contributed by atoms with Crippen LogP contribution in [0, 0.1) is 6.92 Å². The van der Waals surface area contributed by atoms with Gasteiger partial charge in [0, 0.05) is 17.5 Å². The third-order valence-electron chi connectivity index (χ3n) is 2.69. The molecule has 0 fully saturated rings. The fraction of sp³-hybridized carbons (Fsp3) is 0.214. The topological polar surface area (TPSA) is 49.3 Å². The Bertz CT molecular complexity index is 558. The van der Waals surface area contributed by atoms with E-state index in [0.29, 0.717) is 0 Å². The molecule has 0 bridgehead atoms. The summed E-state index contributed by atoms with van der Waals surface area (Å²) in [5.74, 6) is -0.193. The molecule has 5 heteroatoms. The van der Waals surface area contributed by atoms with Gasteiger partial charge in [-0.1, -0.05) is 0 Å². The highest BCUT2D eigenvalue weighted by atomic mass is 32.1. The minimum atomic E-state index is -0.646. The van der Waals surface area contributed by atoms with Crippen LogP contribution in [-0.4, -0.2) is 17.6 Å². The number of amides is 1. The standard InChI is InChI=1S/C14H15NO2S2/c1-10-4-7-19-13(10)2-3-14(17)15-8-12(16)11-5-6-18-9-11/h2-7,9,12,16H,8H2,1H3,(H,15,17)/b3-2+. The lowest BCUT2D eigenvalue weighted by molar-refractivity contribution is -0.116. The van der Waals surface area contributed by atoms with Crippen LogP contribution < -0.4 is 5.32 Å². The second kappa shape index (κ2) is 6.65. The highest BCUT2D eigenvalue weighted by Crippen LogP contribution is 2.17. The largest absolute Gasteiger partial charge is 0.387 e. The van der Waals surface area contributed by atoms with Crippen LogP contribution in [0.3, 0.4) is 0 Å². The lowest BCUT2D eigenvalue weighted by atomic mass is 10.2. The van der Waals surface area contributed by atoms with Crippen molar-refractivity contribution in [2.75, 3.05) is 6.54 Å². The lowest BCUT2D eigenvalue weighted by Crippen LogP contribution is -2.26. The van der Waals surface area contributed by atoms with E-state index in [1.54, 1.807) is 17.4 Å². The van der Waals surface area contributed by atoms with Gasteiger partial charge in [0.2, 0.25) is 5.91 Å². The predicted octanol–water partition coefficient (Wildman–Crippen LogP) is 2.98. The second-order valence-electron chi connectivity index (χ2n) is 4.12. The summed E-state index contributed by atoms with van der Waals surface area (Å²) in [4.78, 5) is 12.7. The van der Waals surface area contributed by atoms with Crippen molar-refractivity contribution in [2.24, 2.45) is 0 Å². The Hall–Kier alpha value is -1.43. The van der Waals surface area contributed by atoms with Gasteiger partial charge in [-0.25, -0.2) is 0 Å². The SMILES string of the molecule is Cc1ccsc1/C=C/C(=O)NCC(O)c1ccsc1. The van der Waals surface area contributed by atoms with Crippen LogP contribution >= 0.6 is 22.7 Å². The van der Waals surface area contributed by atoms with E-state index in [9.17, 15) is 9.90 Å². The quantitative estimate of drug-likeness (QED) is 0.833. The van der Waals surface area contributed by atoms with Crippen molar-refractivity contribution >= 4 is 34.7 Å². The molecule has 100 valence electrons. The molecule has 0 aliphatic carbocycles. The van der Waals surface area contributed by atoms with E-state index in [1.165, 1.54) is 17.4 Å². The Morgan fingerprint density at radius 1 is 1.47 bits per heavy atom. The molecule has 19 heavy (non-hydrogen) atoms. The first-order valence-electron chi connectivity index (χ1n) is 5.87. The molecule has 2 heterocycles. The Morgan fingerprint density at radius 2 is 2.32 bits per heavy atom. The number of thiophene rings is 2. The molecule has 0 saturated carbocycles. The number of hydrogen-bond donors (Lipinski definition) is 2. The molecule has 0 aliphatic heterocycles. The number of aliphatic hydroxyl groups is 1. The number of hydrogen-bond acceptors (Lipinski definition) is 4. The number of nitrogens with one attached hydrogen (secondary N) is 1. The molecular weight excluding hydrogens is 278 g/mol. The van der Waals surface area contributed by atoms with Crippen molar-refractivity contribution in [2.45, 2.75) is 13.0 Å². The number of carbonyl (C=O) groups excluding carboxylic acids is 1. The summed E-state index contributed by atoms with van der Waals surface area (Å²) >= 11 is 3.13. The van der Waals surface area contributed by atoms with Gasteiger partial charge in [0.15, 0.2) is 0 Å². The van der Waals surface area contributed by atoms with Crippen molar-refractivity contribution in [3.05, 3.63) is 50.4 Å². The monoisotopic (exact) mass is 293 g/mol. The molecule has 0 saturated heterocycles. The summed E-state index contributed by atoms with van der Waals surface area (Å²) in [6.07, 6.45) is 2.65. The van der Waals surface area contributed by atoms with Gasteiger partial charge < -0.3 is 10.4 Å². The molecule has 1 amide bonds. The van der Waals surface area contributed by atoms with E-state index in [4.69, 9.17) is 0 Å². The molecule has 2 aromatic heterocycles. The smallest absolute Gasteiger partial charge is 0.244 e. The summed E-state index contributed by atoms with van der Waals surface area (Å²) in [5.41, 5.74) is 2.00. The van der Waals surface area contributed by atoms with E-state index in [-0.39, 0.29) is 12.5 Å². The Labute approximate surface area is 120 Å². The van der Waals surface area contributed by atoms with Gasteiger partial charge in [-0.15, -0.1) is 11.3 Å². The van der Waals surface area contributed by atoms with Crippen molar-refractivity contribution in [3.8, 4) is 0 Å². The highest BCUT2D eigenvalue weighted by molar-refractivity contribution is 7.11. The van der Waals surface area contributed by atoms with Crippen molar-refractivity contribution in [1.29, 1.82) is 0 Å². The van der Waals surface area contributed by atoms with Gasteiger partial charge in [-0.2, -0.15) is 11.3 Å². The van der Waals surface area contributed by atoms with Crippen LogP contribution in [0.25, 0.3) is 6.08 Å². The van der Waals surface area contributed by atoms with Crippen LogP contribution in [0.4, 0.5) is 0 Å². The Morgan fingerprint density at radius 3 is 2.95 bits per heavy atom. The number of rotatable bonds is 5. The summed E-state index contributed by atoms with van der Waals surface area (Å²) in [5, 5.41) is 18.3. The zero-order valence-corrected chi connectivity index (χ0v) is 12.1. The fourth-order valence-corrected chi connectivity index (χ4v) is 3.07. The third-order valence-corrected chi connectivity index (χ3v) is 4.37. The summed E-state index contributed by atoms with van der Waals surface area (Å²) in [6.45, 7) is 2.23. The molecule has 0 aliphatic rings. The first-order chi connectivity index (χ1) is 9.16. The van der Waals surface area contributed by atoms with Crippen LogP contribution in [0.2, 0.25) is 0 Å². The molecular formula is C14H15NO2S2. The third kappa shape index (κ3) is 4.02. The van der Waals surface area contributed by atoms with Crippen molar-refractivity contribution in [3.63, 3.8) is 0 Å². The minimum Gasteiger partial charge on any atom is -0.387 e. The van der Waals surface area contributed by atoms with Gasteiger partial charge in [0.1, 0.15) is 0 Å². The normalized spacial score (nSPS) is 12.7. The lowest BCUT2D eigenvalue weighted by Gasteiger charge is -2.08.